The summed E-state index contributed by atoms with van der Waals surface area (Å²) in [5, 5.41) is 10.9. The molecule has 0 amide bonds. The Balaban J connectivity index is 2.21. The van der Waals surface area contributed by atoms with E-state index < -0.39 is 4.92 Å². The number of hydrogen-bond acceptors (Lipinski definition) is 6. The van der Waals surface area contributed by atoms with E-state index in [-0.39, 0.29) is 23.3 Å². The molecule has 0 aromatic heterocycles. The van der Waals surface area contributed by atoms with Crippen molar-refractivity contribution in [1.29, 1.82) is 0 Å². The third kappa shape index (κ3) is 3.24. The lowest BCUT2D eigenvalue weighted by atomic mass is 9.97. The van der Waals surface area contributed by atoms with E-state index in [0.717, 1.165) is 25.1 Å². The van der Waals surface area contributed by atoms with Crippen LogP contribution in [0.2, 0.25) is 0 Å². The maximum absolute atomic E-state index is 11.6. The van der Waals surface area contributed by atoms with Gasteiger partial charge in [0.15, 0.2) is 5.75 Å². The molecule has 0 saturated carbocycles. The Hall–Kier alpha value is -2.31. The molecule has 0 aliphatic carbocycles. The van der Waals surface area contributed by atoms with Gasteiger partial charge in [-0.25, -0.2) is 0 Å². The molecule has 1 saturated heterocycles. The zero-order valence-electron chi connectivity index (χ0n) is 12.1. The number of piperidine rings is 1. The number of carbonyl (C=O) groups excluding carboxylic acids is 1. The van der Waals surface area contributed by atoms with Gasteiger partial charge in [-0.2, -0.15) is 0 Å². The van der Waals surface area contributed by atoms with Crippen LogP contribution in [0.1, 0.15) is 12.8 Å². The lowest BCUT2D eigenvalue weighted by Gasteiger charge is -2.33. The second kappa shape index (κ2) is 6.43. The Morgan fingerprint density at radius 3 is 2.81 bits per heavy atom. The first-order chi connectivity index (χ1) is 10.1. The van der Waals surface area contributed by atoms with Crippen molar-refractivity contribution in [2.24, 2.45) is 5.92 Å². The van der Waals surface area contributed by atoms with Crippen molar-refractivity contribution < 1.29 is 19.2 Å². The molecule has 1 aromatic rings. The van der Waals surface area contributed by atoms with Gasteiger partial charge in [0.25, 0.3) is 0 Å². The van der Waals surface area contributed by atoms with Crippen LogP contribution in [0.4, 0.5) is 11.4 Å². The fourth-order valence-corrected chi connectivity index (χ4v) is 2.58. The molecule has 7 heteroatoms. The molecule has 21 heavy (non-hydrogen) atoms. The maximum Gasteiger partial charge on any atom is 0.311 e. The molecule has 114 valence electrons. The molecule has 1 fully saturated rings. The number of nitro groups is 1. The number of benzene rings is 1. The molecule has 1 aliphatic heterocycles. The third-order valence-electron chi connectivity index (χ3n) is 3.68. The average Bonchev–Trinajstić information content (AvgIpc) is 2.53. The molecular formula is C14H18N2O5. The van der Waals surface area contributed by atoms with Gasteiger partial charge in [0.2, 0.25) is 0 Å². The number of nitro benzene ring substituents is 1. The molecule has 2 rings (SSSR count). The number of nitrogens with zero attached hydrogens (tertiary/aromatic N) is 2. The lowest BCUT2D eigenvalue weighted by Crippen LogP contribution is -2.39. The largest absolute Gasteiger partial charge is 0.490 e. The van der Waals surface area contributed by atoms with Crippen LogP contribution in [-0.4, -0.2) is 38.2 Å². The van der Waals surface area contributed by atoms with Gasteiger partial charge in [-0.15, -0.1) is 0 Å². The Labute approximate surface area is 122 Å². The summed E-state index contributed by atoms with van der Waals surface area (Å²) in [5.74, 6) is -0.156. The summed E-state index contributed by atoms with van der Waals surface area (Å²) < 4.78 is 9.86. The minimum atomic E-state index is -0.476. The molecule has 1 atom stereocenters. The van der Waals surface area contributed by atoms with Gasteiger partial charge >= 0.3 is 11.7 Å². The highest BCUT2D eigenvalue weighted by Crippen LogP contribution is 2.33. The molecule has 7 nitrogen and oxygen atoms in total. The molecule has 1 heterocycles. The minimum Gasteiger partial charge on any atom is -0.490 e. The number of carbonyl (C=O) groups is 1. The van der Waals surface area contributed by atoms with Gasteiger partial charge in [0, 0.05) is 30.9 Å². The molecule has 1 aromatic carbocycles. The monoisotopic (exact) mass is 294 g/mol. The number of anilines is 1. The van der Waals surface area contributed by atoms with E-state index in [0.29, 0.717) is 6.54 Å². The number of rotatable bonds is 4. The molecule has 0 radical (unpaired) electrons. The lowest BCUT2D eigenvalue weighted by molar-refractivity contribution is -0.385. The fourth-order valence-electron chi connectivity index (χ4n) is 2.58. The van der Waals surface area contributed by atoms with Crippen LogP contribution in [0.3, 0.4) is 0 Å². The molecule has 1 aliphatic rings. The predicted molar refractivity (Wildman–Crippen MR) is 76.6 cm³/mol. The number of methoxy groups -OCH3 is 2. The first-order valence-electron chi connectivity index (χ1n) is 6.72. The quantitative estimate of drug-likeness (QED) is 0.480. The van der Waals surface area contributed by atoms with E-state index in [2.05, 4.69) is 0 Å². The number of ether oxygens (including phenoxy) is 2. The van der Waals surface area contributed by atoms with E-state index >= 15 is 0 Å². The summed E-state index contributed by atoms with van der Waals surface area (Å²) >= 11 is 0. The van der Waals surface area contributed by atoms with Crippen LogP contribution >= 0.6 is 0 Å². The van der Waals surface area contributed by atoms with Gasteiger partial charge in [-0.3, -0.25) is 14.9 Å². The molecule has 0 unspecified atom stereocenters. The van der Waals surface area contributed by atoms with E-state index in [4.69, 9.17) is 9.47 Å². The van der Waals surface area contributed by atoms with E-state index in [1.807, 2.05) is 4.90 Å². The van der Waals surface area contributed by atoms with Crippen molar-refractivity contribution in [3.63, 3.8) is 0 Å². The maximum atomic E-state index is 11.6. The van der Waals surface area contributed by atoms with E-state index in [1.54, 1.807) is 12.1 Å². The van der Waals surface area contributed by atoms with Crippen molar-refractivity contribution in [3.05, 3.63) is 28.3 Å². The first kappa shape index (κ1) is 15.1. The molecule has 0 N–H and O–H groups in total. The zero-order valence-corrected chi connectivity index (χ0v) is 12.1. The van der Waals surface area contributed by atoms with Crippen LogP contribution in [-0.2, 0) is 9.53 Å². The Kier molecular flexibility index (Phi) is 4.62. The van der Waals surface area contributed by atoms with Gasteiger partial charge in [0.05, 0.1) is 25.1 Å². The molecular weight excluding hydrogens is 276 g/mol. The van der Waals surface area contributed by atoms with Crippen molar-refractivity contribution in [1.82, 2.24) is 0 Å². The van der Waals surface area contributed by atoms with Gasteiger partial charge in [-0.1, -0.05) is 0 Å². The van der Waals surface area contributed by atoms with Crippen LogP contribution < -0.4 is 9.64 Å². The van der Waals surface area contributed by atoms with Crippen molar-refractivity contribution >= 4 is 17.3 Å². The van der Waals surface area contributed by atoms with Crippen LogP contribution in [0.15, 0.2) is 18.2 Å². The summed E-state index contributed by atoms with van der Waals surface area (Å²) in [6.07, 6.45) is 1.67. The SMILES string of the molecule is COC(=O)[C@@H]1CCCN(c2ccc([N+](=O)[O-])c(OC)c2)C1. The van der Waals surface area contributed by atoms with Gasteiger partial charge in [0.1, 0.15) is 0 Å². The molecule has 0 spiro atoms. The van der Waals surface area contributed by atoms with Crippen LogP contribution in [0, 0.1) is 16.0 Å². The summed E-state index contributed by atoms with van der Waals surface area (Å²) in [6, 6.07) is 4.74. The first-order valence-corrected chi connectivity index (χ1v) is 6.72. The average molecular weight is 294 g/mol. The van der Waals surface area contributed by atoms with Crippen LogP contribution in [0.5, 0.6) is 5.75 Å². The summed E-state index contributed by atoms with van der Waals surface area (Å²) in [4.78, 5) is 24.1. The summed E-state index contributed by atoms with van der Waals surface area (Å²) in [5.41, 5.74) is 0.744. The highest BCUT2D eigenvalue weighted by molar-refractivity contribution is 5.73. The highest BCUT2D eigenvalue weighted by atomic mass is 16.6. The fraction of sp³-hybridized carbons (Fsp3) is 0.500. The number of hydrogen-bond donors (Lipinski definition) is 0. The van der Waals surface area contributed by atoms with Crippen molar-refractivity contribution in [2.75, 3.05) is 32.2 Å². The Morgan fingerprint density at radius 1 is 1.43 bits per heavy atom. The molecule has 0 bridgehead atoms. The standard InChI is InChI=1S/C14H18N2O5/c1-20-13-8-11(5-6-12(13)16(18)19)15-7-3-4-10(9-15)14(17)21-2/h5-6,8,10H,3-4,7,9H2,1-2H3/t10-/m1/s1. The number of esters is 1. The Morgan fingerprint density at radius 2 is 2.19 bits per heavy atom. The summed E-state index contributed by atoms with van der Waals surface area (Å²) in [7, 11) is 2.79. The smallest absolute Gasteiger partial charge is 0.311 e. The normalized spacial score (nSPS) is 18.2. The minimum absolute atomic E-state index is 0.0669. The predicted octanol–water partition coefficient (Wildman–Crippen LogP) is 1.99. The third-order valence-corrected chi connectivity index (χ3v) is 3.68. The van der Waals surface area contributed by atoms with Crippen molar-refractivity contribution in [3.8, 4) is 5.75 Å². The highest BCUT2D eigenvalue weighted by Gasteiger charge is 2.27. The van der Waals surface area contributed by atoms with Gasteiger partial charge in [-0.05, 0) is 18.9 Å². The van der Waals surface area contributed by atoms with Crippen molar-refractivity contribution in [2.45, 2.75) is 12.8 Å². The Bertz CT molecular complexity index is 546. The topological polar surface area (TPSA) is 81.9 Å². The second-order valence-corrected chi connectivity index (χ2v) is 4.92. The van der Waals surface area contributed by atoms with E-state index in [9.17, 15) is 14.9 Å². The zero-order chi connectivity index (χ0) is 15.4. The van der Waals surface area contributed by atoms with E-state index in [1.165, 1.54) is 20.3 Å². The summed E-state index contributed by atoms with van der Waals surface area (Å²) in [6.45, 7) is 1.35. The van der Waals surface area contributed by atoms with Crippen LogP contribution in [0.25, 0.3) is 0 Å². The second-order valence-electron chi connectivity index (χ2n) is 4.92. The van der Waals surface area contributed by atoms with Gasteiger partial charge < -0.3 is 14.4 Å².